The highest BCUT2D eigenvalue weighted by Crippen LogP contribution is 2.21. The molecule has 0 spiro atoms. The molecule has 0 unspecified atom stereocenters. The SMILES string of the molecule is Cc1nc(OCCNC(=O)COc2ccccc2C)cc(N2CCCC2)n1. The number of aromatic nitrogens is 2. The summed E-state index contributed by atoms with van der Waals surface area (Å²) in [5.74, 6) is 2.67. The number of carbonyl (C=O) groups excluding carboxylic acids is 1. The van der Waals surface area contributed by atoms with Crippen molar-refractivity contribution in [2.45, 2.75) is 26.7 Å². The van der Waals surface area contributed by atoms with Gasteiger partial charge in [-0.3, -0.25) is 4.79 Å². The summed E-state index contributed by atoms with van der Waals surface area (Å²) < 4.78 is 11.2. The molecule has 2 heterocycles. The Morgan fingerprint density at radius 1 is 1.15 bits per heavy atom. The van der Waals surface area contributed by atoms with Crippen LogP contribution in [0, 0.1) is 13.8 Å². The van der Waals surface area contributed by atoms with Gasteiger partial charge in [0.2, 0.25) is 5.88 Å². The lowest BCUT2D eigenvalue weighted by atomic mass is 10.2. The second-order valence-corrected chi connectivity index (χ2v) is 6.56. The van der Waals surface area contributed by atoms with Gasteiger partial charge in [-0.2, -0.15) is 4.98 Å². The molecule has 1 aromatic carbocycles. The first-order chi connectivity index (χ1) is 13.1. The van der Waals surface area contributed by atoms with Crippen LogP contribution < -0.4 is 19.7 Å². The smallest absolute Gasteiger partial charge is 0.258 e. The number of hydrogen-bond acceptors (Lipinski definition) is 6. The number of benzene rings is 1. The topological polar surface area (TPSA) is 76.6 Å². The van der Waals surface area contributed by atoms with Crippen molar-refractivity contribution >= 4 is 11.7 Å². The average molecular weight is 370 g/mol. The van der Waals surface area contributed by atoms with Crippen LogP contribution in [0.2, 0.25) is 0 Å². The fraction of sp³-hybridized carbons (Fsp3) is 0.450. The van der Waals surface area contributed by atoms with Crippen LogP contribution in [-0.4, -0.2) is 48.7 Å². The summed E-state index contributed by atoms with van der Waals surface area (Å²) in [4.78, 5) is 22.9. The van der Waals surface area contributed by atoms with Gasteiger partial charge in [-0.05, 0) is 38.3 Å². The normalized spacial score (nSPS) is 13.5. The molecule has 7 heteroatoms. The molecule has 1 amide bonds. The van der Waals surface area contributed by atoms with Crippen molar-refractivity contribution < 1.29 is 14.3 Å². The minimum absolute atomic E-state index is 0.0173. The van der Waals surface area contributed by atoms with Crippen LogP contribution in [0.25, 0.3) is 0 Å². The van der Waals surface area contributed by atoms with Crippen LogP contribution in [0.1, 0.15) is 24.2 Å². The molecule has 0 aliphatic carbocycles. The molecule has 7 nitrogen and oxygen atoms in total. The van der Waals surface area contributed by atoms with Gasteiger partial charge in [0, 0.05) is 19.2 Å². The number of anilines is 1. The first kappa shape index (κ1) is 18.9. The van der Waals surface area contributed by atoms with Crippen molar-refractivity contribution in [2.75, 3.05) is 37.7 Å². The Balaban J connectivity index is 1.40. The Bertz CT molecular complexity index is 776. The lowest BCUT2D eigenvalue weighted by Crippen LogP contribution is -2.32. The third-order valence-corrected chi connectivity index (χ3v) is 4.36. The Labute approximate surface area is 159 Å². The molecule has 0 radical (unpaired) electrons. The molecule has 3 rings (SSSR count). The summed E-state index contributed by atoms with van der Waals surface area (Å²) in [5, 5.41) is 2.78. The molecule has 1 aliphatic rings. The molecule has 0 saturated carbocycles. The number of ether oxygens (including phenoxy) is 2. The molecule has 1 fully saturated rings. The van der Waals surface area contributed by atoms with E-state index < -0.39 is 0 Å². The highest BCUT2D eigenvalue weighted by atomic mass is 16.5. The second kappa shape index (κ2) is 9.21. The van der Waals surface area contributed by atoms with E-state index >= 15 is 0 Å². The largest absolute Gasteiger partial charge is 0.484 e. The van der Waals surface area contributed by atoms with Gasteiger partial charge in [-0.15, -0.1) is 0 Å². The summed E-state index contributed by atoms with van der Waals surface area (Å²) >= 11 is 0. The van der Waals surface area contributed by atoms with Crippen LogP contribution in [0.15, 0.2) is 30.3 Å². The summed E-state index contributed by atoms with van der Waals surface area (Å²) in [6.45, 7) is 6.55. The van der Waals surface area contributed by atoms with E-state index in [1.165, 1.54) is 12.8 Å². The molecular formula is C20H26N4O3. The van der Waals surface area contributed by atoms with E-state index in [2.05, 4.69) is 20.2 Å². The number of amides is 1. The Hall–Kier alpha value is -2.83. The molecule has 0 atom stereocenters. The van der Waals surface area contributed by atoms with Crippen molar-refractivity contribution in [3.8, 4) is 11.6 Å². The maximum Gasteiger partial charge on any atom is 0.258 e. The van der Waals surface area contributed by atoms with Crippen molar-refractivity contribution in [2.24, 2.45) is 0 Å². The number of rotatable bonds is 8. The molecule has 27 heavy (non-hydrogen) atoms. The maximum absolute atomic E-state index is 11.9. The molecule has 144 valence electrons. The fourth-order valence-electron chi connectivity index (χ4n) is 2.97. The zero-order chi connectivity index (χ0) is 19.1. The van der Waals surface area contributed by atoms with Gasteiger partial charge in [0.05, 0.1) is 6.54 Å². The monoisotopic (exact) mass is 370 g/mol. The number of nitrogens with one attached hydrogen (secondary N) is 1. The molecule has 1 aromatic heterocycles. The van der Waals surface area contributed by atoms with Crippen LogP contribution in [0.3, 0.4) is 0 Å². The fourth-order valence-corrected chi connectivity index (χ4v) is 2.97. The predicted molar refractivity (Wildman–Crippen MR) is 103 cm³/mol. The average Bonchev–Trinajstić information content (AvgIpc) is 3.19. The van der Waals surface area contributed by atoms with Crippen LogP contribution >= 0.6 is 0 Å². The van der Waals surface area contributed by atoms with Gasteiger partial charge >= 0.3 is 0 Å². The minimum Gasteiger partial charge on any atom is -0.484 e. The Morgan fingerprint density at radius 2 is 1.93 bits per heavy atom. The van der Waals surface area contributed by atoms with Crippen molar-refractivity contribution in [3.05, 3.63) is 41.7 Å². The van der Waals surface area contributed by atoms with E-state index in [1.54, 1.807) is 0 Å². The third kappa shape index (κ3) is 5.57. The van der Waals surface area contributed by atoms with Gasteiger partial charge in [0.15, 0.2) is 6.61 Å². The first-order valence-corrected chi connectivity index (χ1v) is 9.30. The Morgan fingerprint density at radius 3 is 2.70 bits per heavy atom. The van der Waals surface area contributed by atoms with Gasteiger partial charge in [-0.1, -0.05) is 18.2 Å². The van der Waals surface area contributed by atoms with Crippen molar-refractivity contribution in [1.82, 2.24) is 15.3 Å². The first-order valence-electron chi connectivity index (χ1n) is 9.30. The molecular weight excluding hydrogens is 344 g/mol. The Kier molecular flexibility index (Phi) is 6.46. The third-order valence-electron chi connectivity index (χ3n) is 4.36. The van der Waals surface area contributed by atoms with E-state index in [-0.39, 0.29) is 12.5 Å². The maximum atomic E-state index is 11.9. The highest BCUT2D eigenvalue weighted by molar-refractivity contribution is 5.77. The zero-order valence-corrected chi connectivity index (χ0v) is 15.9. The summed E-state index contributed by atoms with van der Waals surface area (Å²) in [6.07, 6.45) is 2.38. The van der Waals surface area contributed by atoms with Crippen molar-refractivity contribution in [1.29, 1.82) is 0 Å². The minimum atomic E-state index is -0.182. The van der Waals surface area contributed by atoms with Crippen molar-refractivity contribution in [3.63, 3.8) is 0 Å². The summed E-state index contributed by atoms with van der Waals surface area (Å²) in [6, 6.07) is 9.47. The molecule has 0 bridgehead atoms. The van der Waals surface area contributed by atoms with Crippen LogP contribution in [0.4, 0.5) is 5.82 Å². The summed E-state index contributed by atoms with van der Waals surface area (Å²) in [5.41, 5.74) is 1.00. The van der Waals surface area contributed by atoms with E-state index in [0.717, 1.165) is 30.2 Å². The summed E-state index contributed by atoms with van der Waals surface area (Å²) in [7, 11) is 0. The van der Waals surface area contributed by atoms with Crippen LogP contribution in [0.5, 0.6) is 11.6 Å². The number of hydrogen-bond donors (Lipinski definition) is 1. The molecule has 1 saturated heterocycles. The van der Waals surface area contributed by atoms with Crippen LogP contribution in [-0.2, 0) is 4.79 Å². The van der Waals surface area contributed by atoms with Gasteiger partial charge in [0.25, 0.3) is 5.91 Å². The van der Waals surface area contributed by atoms with E-state index in [1.807, 2.05) is 44.2 Å². The molecule has 1 N–H and O–H groups in total. The van der Waals surface area contributed by atoms with Gasteiger partial charge in [0.1, 0.15) is 24.0 Å². The number of para-hydroxylation sites is 1. The zero-order valence-electron chi connectivity index (χ0n) is 15.9. The molecule has 1 aliphatic heterocycles. The van der Waals surface area contributed by atoms with E-state index in [4.69, 9.17) is 9.47 Å². The predicted octanol–water partition coefficient (Wildman–Crippen LogP) is 2.27. The highest BCUT2D eigenvalue weighted by Gasteiger charge is 2.15. The van der Waals surface area contributed by atoms with Gasteiger partial charge in [-0.25, -0.2) is 4.98 Å². The van der Waals surface area contributed by atoms with E-state index in [9.17, 15) is 4.79 Å². The number of aryl methyl sites for hydroxylation is 2. The number of carbonyl (C=O) groups is 1. The lowest BCUT2D eigenvalue weighted by Gasteiger charge is -2.17. The quantitative estimate of drug-likeness (QED) is 0.719. The standard InChI is InChI=1S/C20H26N4O3/c1-15-7-3-4-8-17(15)27-14-19(25)21-9-12-26-20-13-18(22-16(2)23-20)24-10-5-6-11-24/h3-4,7-8,13H,5-6,9-12,14H2,1-2H3,(H,21,25). The van der Waals surface area contributed by atoms with E-state index in [0.29, 0.717) is 24.9 Å². The van der Waals surface area contributed by atoms with Gasteiger partial charge < -0.3 is 19.7 Å². The second-order valence-electron chi connectivity index (χ2n) is 6.56. The molecule has 2 aromatic rings. The number of nitrogens with zero attached hydrogens (tertiary/aromatic N) is 3. The lowest BCUT2D eigenvalue weighted by molar-refractivity contribution is -0.123.